The largest absolute Gasteiger partial charge is 0.478 e. The van der Waals surface area contributed by atoms with Gasteiger partial charge in [0.25, 0.3) is 0 Å². The third kappa shape index (κ3) is 2.48. The molecule has 0 aromatic heterocycles. The van der Waals surface area contributed by atoms with Crippen molar-refractivity contribution in [3.05, 3.63) is 28.3 Å². The van der Waals surface area contributed by atoms with Crippen LogP contribution >= 0.6 is 0 Å². The van der Waals surface area contributed by atoms with Crippen LogP contribution in [-0.4, -0.2) is 28.1 Å². The third-order valence-electron chi connectivity index (χ3n) is 2.48. The van der Waals surface area contributed by atoms with Gasteiger partial charge in [0.15, 0.2) is 0 Å². The van der Waals surface area contributed by atoms with Crippen molar-refractivity contribution in [2.45, 2.75) is 20.8 Å². The van der Waals surface area contributed by atoms with E-state index in [2.05, 4.69) is 0 Å². The highest BCUT2D eigenvalue weighted by Gasteiger charge is 2.25. The average Bonchev–Trinajstić information content (AvgIpc) is 2.22. The topological polar surface area (TPSA) is 101 Å². The maximum Gasteiger partial charge on any atom is 0.340 e. The van der Waals surface area contributed by atoms with Gasteiger partial charge in [-0.15, -0.1) is 0 Å². The maximum absolute atomic E-state index is 11.1. The number of carbonyl (C=O) groups excluding carboxylic acids is 1. The Morgan fingerprint density at radius 2 is 1.67 bits per heavy atom. The number of esters is 1. The van der Waals surface area contributed by atoms with E-state index >= 15 is 0 Å². The molecule has 1 aromatic rings. The molecular weight excluding hydrogens is 240 g/mol. The van der Waals surface area contributed by atoms with Crippen LogP contribution in [0.25, 0.3) is 0 Å². The van der Waals surface area contributed by atoms with E-state index in [4.69, 9.17) is 14.9 Å². The quantitative estimate of drug-likeness (QED) is 0.626. The molecule has 0 unspecified atom stereocenters. The molecule has 0 radical (unpaired) electrons. The monoisotopic (exact) mass is 252 g/mol. The number of aryl methyl sites for hydroxylation is 1. The van der Waals surface area contributed by atoms with Crippen LogP contribution in [0.2, 0.25) is 0 Å². The number of ether oxygens (including phenoxy) is 1. The second kappa shape index (κ2) is 4.87. The van der Waals surface area contributed by atoms with Gasteiger partial charge in [-0.2, -0.15) is 0 Å². The molecule has 0 saturated carbocycles. The predicted octanol–water partition coefficient (Wildman–Crippen LogP) is 1.63. The minimum absolute atomic E-state index is 0.215. The first kappa shape index (κ1) is 13.7. The molecule has 2 N–H and O–H groups in total. The molecule has 0 aliphatic carbocycles. The van der Waals surface area contributed by atoms with E-state index in [9.17, 15) is 14.4 Å². The summed E-state index contributed by atoms with van der Waals surface area (Å²) in [5.41, 5.74) is 0.0453. The molecule has 0 amide bonds. The number of carboxylic acids is 2. The molecule has 0 spiro atoms. The Balaban J connectivity index is 3.68. The molecular formula is C12H12O6. The summed E-state index contributed by atoms with van der Waals surface area (Å²) in [6.45, 7) is 4.29. The van der Waals surface area contributed by atoms with Crippen molar-refractivity contribution in [2.75, 3.05) is 0 Å². The summed E-state index contributed by atoms with van der Waals surface area (Å²) in [6, 6.07) is 1.24. The van der Waals surface area contributed by atoms with Gasteiger partial charge in [-0.25, -0.2) is 9.59 Å². The lowest BCUT2D eigenvalue weighted by molar-refractivity contribution is -0.131. The van der Waals surface area contributed by atoms with Crippen LogP contribution < -0.4 is 4.74 Å². The Bertz CT molecular complexity index is 544. The lowest BCUT2D eigenvalue weighted by Gasteiger charge is -2.13. The van der Waals surface area contributed by atoms with Crippen LogP contribution in [0, 0.1) is 13.8 Å². The fraction of sp³-hybridized carbons (Fsp3) is 0.250. The van der Waals surface area contributed by atoms with Crippen LogP contribution in [0.5, 0.6) is 5.75 Å². The maximum atomic E-state index is 11.1. The Hall–Kier alpha value is -2.37. The van der Waals surface area contributed by atoms with Gasteiger partial charge in [0, 0.05) is 6.92 Å². The summed E-state index contributed by atoms with van der Waals surface area (Å²) in [5.74, 6) is -3.76. The lowest BCUT2D eigenvalue weighted by Crippen LogP contribution is -2.15. The number of benzene rings is 1. The Kier molecular flexibility index (Phi) is 3.70. The molecule has 0 saturated heterocycles. The summed E-state index contributed by atoms with van der Waals surface area (Å²) < 4.78 is 4.83. The van der Waals surface area contributed by atoms with Gasteiger partial charge in [0.05, 0.1) is 5.56 Å². The van der Waals surface area contributed by atoms with Crippen molar-refractivity contribution in [3.8, 4) is 5.75 Å². The van der Waals surface area contributed by atoms with E-state index in [0.29, 0.717) is 11.1 Å². The summed E-state index contributed by atoms with van der Waals surface area (Å²) in [7, 11) is 0. The van der Waals surface area contributed by atoms with Crippen molar-refractivity contribution < 1.29 is 29.3 Å². The summed E-state index contributed by atoms with van der Waals surface area (Å²) in [4.78, 5) is 33.1. The van der Waals surface area contributed by atoms with Crippen LogP contribution in [0.3, 0.4) is 0 Å². The Morgan fingerprint density at radius 1 is 1.11 bits per heavy atom. The number of hydrogen-bond donors (Lipinski definition) is 2. The third-order valence-corrected chi connectivity index (χ3v) is 2.48. The summed E-state index contributed by atoms with van der Waals surface area (Å²) in [6.07, 6.45) is 0. The van der Waals surface area contributed by atoms with Gasteiger partial charge in [0.1, 0.15) is 11.3 Å². The van der Waals surface area contributed by atoms with E-state index in [1.54, 1.807) is 13.8 Å². The van der Waals surface area contributed by atoms with Crippen LogP contribution in [0.15, 0.2) is 6.07 Å². The molecule has 0 fully saturated rings. The minimum Gasteiger partial charge on any atom is -0.478 e. The molecule has 1 aromatic carbocycles. The molecule has 0 bridgehead atoms. The normalized spacial score (nSPS) is 9.94. The van der Waals surface area contributed by atoms with Gasteiger partial charge < -0.3 is 14.9 Å². The summed E-state index contributed by atoms with van der Waals surface area (Å²) in [5, 5.41) is 18.1. The van der Waals surface area contributed by atoms with Crippen molar-refractivity contribution in [1.82, 2.24) is 0 Å². The molecule has 18 heavy (non-hydrogen) atoms. The van der Waals surface area contributed by atoms with Gasteiger partial charge in [-0.05, 0) is 31.0 Å². The van der Waals surface area contributed by atoms with Crippen molar-refractivity contribution in [3.63, 3.8) is 0 Å². The van der Waals surface area contributed by atoms with Gasteiger partial charge in [-0.3, -0.25) is 4.79 Å². The van der Waals surface area contributed by atoms with Crippen molar-refractivity contribution in [1.29, 1.82) is 0 Å². The first-order valence-corrected chi connectivity index (χ1v) is 5.05. The number of aromatic carboxylic acids is 2. The zero-order chi connectivity index (χ0) is 14.0. The van der Waals surface area contributed by atoms with Gasteiger partial charge in [0.2, 0.25) is 0 Å². The number of carboxylic acid groups (broad SMARTS) is 2. The smallest absolute Gasteiger partial charge is 0.340 e. The van der Waals surface area contributed by atoms with Crippen LogP contribution in [0.4, 0.5) is 0 Å². The highest BCUT2D eigenvalue weighted by atomic mass is 16.5. The van der Waals surface area contributed by atoms with Gasteiger partial charge >= 0.3 is 17.9 Å². The Labute approximate surface area is 103 Å². The number of rotatable bonds is 3. The molecule has 1 rings (SSSR count). The zero-order valence-electron chi connectivity index (χ0n) is 10.1. The van der Waals surface area contributed by atoms with Crippen molar-refractivity contribution in [2.24, 2.45) is 0 Å². The first-order chi connectivity index (χ1) is 8.25. The molecule has 6 heteroatoms. The highest BCUT2D eigenvalue weighted by molar-refractivity contribution is 6.04. The molecule has 6 nitrogen and oxygen atoms in total. The van der Waals surface area contributed by atoms with E-state index < -0.39 is 29.0 Å². The number of carbonyl (C=O) groups is 3. The van der Waals surface area contributed by atoms with Crippen LogP contribution in [0.1, 0.15) is 38.8 Å². The molecule has 0 heterocycles. The van der Waals surface area contributed by atoms with Crippen molar-refractivity contribution >= 4 is 17.9 Å². The molecule has 0 atom stereocenters. The number of hydrogen-bond acceptors (Lipinski definition) is 4. The minimum atomic E-state index is -1.45. The lowest BCUT2D eigenvalue weighted by atomic mass is 9.98. The van der Waals surface area contributed by atoms with E-state index in [-0.39, 0.29) is 5.75 Å². The highest BCUT2D eigenvalue weighted by Crippen LogP contribution is 2.30. The second-order valence-electron chi connectivity index (χ2n) is 3.77. The second-order valence-corrected chi connectivity index (χ2v) is 3.77. The molecule has 0 aliphatic rings. The predicted molar refractivity (Wildman–Crippen MR) is 61.1 cm³/mol. The fourth-order valence-corrected chi connectivity index (χ4v) is 1.54. The molecule has 96 valence electrons. The van der Waals surface area contributed by atoms with E-state index in [0.717, 1.165) is 6.92 Å². The fourth-order valence-electron chi connectivity index (χ4n) is 1.54. The van der Waals surface area contributed by atoms with Crippen LogP contribution in [-0.2, 0) is 4.79 Å². The van der Waals surface area contributed by atoms with Gasteiger partial charge in [-0.1, -0.05) is 0 Å². The first-order valence-electron chi connectivity index (χ1n) is 5.05. The van der Waals surface area contributed by atoms with E-state index in [1.807, 2.05) is 0 Å². The Morgan fingerprint density at radius 3 is 2.06 bits per heavy atom. The molecule has 0 aliphatic heterocycles. The van der Waals surface area contributed by atoms with E-state index in [1.165, 1.54) is 6.07 Å². The zero-order valence-corrected chi connectivity index (χ0v) is 10.1. The summed E-state index contributed by atoms with van der Waals surface area (Å²) >= 11 is 0. The standard InChI is InChI=1S/C12H12O6/c1-5-4-8(11(14)15)9(12(16)17)10(6(5)2)18-7(3)13/h4H,1-3H3,(H,14,15)(H,16,17). The average molecular weight is 252 g/mol. The SMILES string of the molecule is CC(=O)Oc1c(C)c(C)cc(C(=O)O)c1C(=O)O.